The molecule has 0 saturated carbocycles. The predicted octanol–water partition coefficient (Wildman–Crippen LogP) is 2.13. The Balaban J connectivity index is 0.00000288. The molecule has 1 N–H and O–H groups in total. The van der Waals surface area contributed by atoms with E-state index in [0.29, 0.717) is 13.1 Å². The first-order valence-electron chi connectivity index (χ1n) is 7.75. The summed E-state index contributed by atoms with van der Waals surface area (Å²) in [7, 11) is 4.85. The summed E-state index contributed by atoms with van der Waals surface area (Å²) in [5.41, 5.74) is 1.11. The highest BCUT2D eigenvalue weighted by atomic mass is 127. The van der Waals surface area contributed by atoms with Crippen LogP contribution in [0.2, 0.25) is 0 Å². The summed E-state index contributed by atoms with van der Waals surface area (Å²) in [6.07, 6.45) is 0. The second-order valence-corrected chi connectivity index (χ2v) is 5.76. The number of methoxy groups -OCH3 is 2. The lowest BCUT2D eigenvalue weighted by molar-refractivity contribution is -0.145. The fourth-order valence-corrected chi connectivity index (χ4v) is 2.89. The third-order valence-corrected chi connectivity index (χ3v) is 4.21. The van der Waals surface area contributed by atoms with E-state index in [9.17, 15) is 4.79 Å². The number of rotatable bonds is 4. The van der Waals surface area contributed by atoms with Gasteiger partial charge in [-0.05, 0) is 23.6 Å². The second-order valence-electron chi connectivity index (χ2n) is 5.76. The van der Waals surface area contributed by atoms with E-state index in [1.807, 2.05) is 24.3 Å². The summed E-state index contributed by atoms with van der Waals surface area (Å²) in [6.45, 7) is 4.14. The normalized spacial score (nSPS) is 20.3. The lowest BCUT2D eigenvalue weighted by Crippen LogP contribution is -2.40. The Bertz CT molecular complexity index is 580. The molecule has 1 aromatic carbocycles. The Hall–Kier alpha value is -1.51. The van der Waals surface area contributed by atoms with Gasteiger partial charge in [-0.3, -0.25) is 9.79 Å². The van der Waals surface area contributed by atoms with Gasteiger partial charge >= 0.3 is 5.97 Å². The van der Waals surface area contributed by atoms with Gasteiger partial charge in [-0.1, -0.05) is 19.1 Å². The van der Waals surface area contributed by atoms with Crippen LogP contribution in [0.25, 0.3) is 0 Å². The molecule has 1 saturated heterocycles. The van der Waals surface area contributed by atoms with E-state index in [1.165, 1.54) is 7.11 Å². The van der Waals surface area contributed by atoms with Gasteiger partial charge in [-0.2, -0.15) is 0 Å². The molecule has 1 heterocycles. The molecule has 1 aliphatic rings. The van der Waals surface area contributed by atoms with Crippen LogP contribution in [0.3, 0.4) is 0 Å². The van der Waals surface area contributed by atoms with Crippen molar-refractivity contribution in [1.82, 2.24) is 10.2 Å². The van der Waals surface area contributed by atoms with E-state index < -0.39 is 0 Å². The number of carbonyl (C=O) groups excluding carboxylic acids is 1. The van der Waals surface area contributed by atoms with Crippen LogP contribution in [0.15, 0.2) is 29.3 Å². The molecule has 24 heavy (non-hydrogen) atoms. The van der Waals surface area contributed by atoms with Crippen molar-refractivity contribution in [3.63, 3.8) is 0 Å². The first kappa shape index (κ1) is 20.5. The fraction of sp³-hybridized carbons (Fsp3) is 0.529. The van der Waals surface area contributed by atoms with Crippen LogP contribution in [0.4, 0.5) is 0 Å². The van der Waals surface area contributed by atoms with Crippen LogP contribution >= 0.6 is 24.0 Å². The number of aliphatic imine (C=N–C) groups is 1. The minimum atomic E-state index is -0.150. The summed E-state index contributed by atoms with van der Waals surface area (Å²) < 4.78 is 10.1. The molecule has 0 aliphatic carbocycles. The van der Waals surface area contributed by atoms with Crippen LogP contribution in [-0.4, -0.2) is 51.2 Å². The van der Waals surface area contributed by atoms with Gasteiger partial charge in [0.25, 0.3) is 0 Å². The average molecular weight is 447 g/mol. The Morgan fingerprint density at radius 2 is 2.12 bits per heavy atom. The number of hydrogen-bond acceptors (Lipinski definition) is 4. The Labute approximate surface area is 160 Å². The number of ether oxygens (including phenoxy) is 2. The Morgan fingerprint density at radius 1 is 1.38 bits per heavy atom. The number of esters is 1. The van der Waals surface area contributed by atoms with Crippen molar-refractivity contribution in [3.8, 4) is 5.75 Å². The van der Waals surface area contributed by atoms with Gasteiger partial charge in [0.1, 0.15) is 5.75 Å². The monoisotopic (exact) mass is 447 g/mol. The predicted molar refractivity (Wildman–Crippen MR) is 105 cm³/mol. The molecule has 1 aromatic rings. The van der Waals surface area contributed by atoms with Gasteiger partial charge in [-0.25, -0.2) is 0 Å². The molecule has 1 aliphatic heterocycles. The highest BCUT2D eigenvalue weighted by Crippen LogP contribution is 2.24. The van der Waals surface area contributed by atoms with E-state index >= 15 is 0 Å². The van der Waals surface area contributed by atoms with Crippen LogP contribution in [0.1, 0.15) is 12.5 Å². The van der Waals surface area contributed by atoms with Gasteiger partial charge in [-0.15, -0.1) is 24.0 Å². The molecule has 2 atom stereocenters. The van der Waals surface area contributed by atoms with Crippen molar-refractivity contribution >= 4 is 35.9 Å². The minimum Gasteiger partial charge on any atom is -0.497 e. The summed E-state index contributed by atoms with van der Waals surface area (Å²) in [5.74, 6) is 1.63. The van der Waals surface area contributed by atoms with E-state index in [0.717, 1.165) is 23.8 Å². The Morgan fingerprint density at radius 3 is 2.75 bits per heavy atom. The molecule has 2 unspecified atom stereocenters. The van der Waals surface area contributed by atoms with Gasteiger partial charge in [0, 0.05) is 26.7 Å². The van der Waals surface area contributed by atoms with Crippen molar-refractivity contribution in [2.75, 3.05) is 34.4 Å². The van der Waals surface area contributed by atoms with Gasteiger partial charge in [0.2, 0.25) is 0 Å². The maximum Gasteiger partial charge on any atom is 0.310 e. The number of halogens is 1. The number of hydrogen-bond donors (Lipinski definition) is 1. The molecule has 0 spiro atoms. The molecule has 7 heteroatoms. The molecule has 0 bridgehead atoms. The van der Waals surface area contributed by atoms with Crippen molar-refractivity contribution < 1.29 is 14.3 Å². The van der Waals surface area contributed by atoms with Crippen molar-refractivity contribution in [1.29, 1.82) is 0 Å². The quantitative estimate of drug-likeness (QED) is 0.332. The van der Waals surface area contributed by atoms with E-state index in [1.54, 1.807) is 14.2 Å². The van der Waals surface area contributed by atoms with Crippen LogP contribution in [0, 0.1) is 11.8 Å². The average Bonchev–Trinajstić information content (AvgIpc) is 2.96. The standard InChI is InChI=1S/C17H25N3O3.HI/c1-12-10-20(11-15(12)16(21)23-4)17(18-2)19-9-13-6-5-7-14(8-13)22-3;/h5-8,12,15H,9-11H2,1-4H3,(H,18,19);1H. The zero-order valence-corrected chi connectivity index (χ0v) is 16.9. The second kappa shape index (κ2) is 9.71. The molecule has 134 valence electrons. The van der Waals surface area contributed by atoms with Gasteiger partial charge in [0.05, 0.1) is 20.1 Å². The maximum atomic E-state index is 11.8. The maximum absolute atomic E-state index is 11.8. The minimum absolute atomic E-state index is 0. The SMILES string of the molecule is CN=C(NCc1cccc(OC)c1)N1CC(C)C(C(=O)OC)C1.I. The smallest absolute Gasteiger partial charge is 0.310 e. The van der Waals surface area contributed by atoms with Crippen molar-refractivity contribution in [2.45, 2.75) is 13.5 Å². The number of benzene rings is 1. The van der Waals surface area contributed by atoms with Crippen LogP contribution in [-0.2, 0) is 16.1 Å². The van der Waals surface area contributed by atoms with Crippen LogP contribution in [0.5, 0.6) is 5.75 Å². The molecule has 0 amide bonds. The van der Waals surface area contributed by atoms with Gasteiger partial charge < -0.3 is 19.7 Å². The first-order chi connectivity index (χ1) is 11.1. The van der Waals surface area contributed by atoms with Crippen molar-refractivity contribution in [3.05, 3.63) is 29.8 Å². The molecule has 1 fully saturated rings. The molecule has 0 radical (unpaired) electrons. The largest absolute Gasteiger partial charge is 0.497 e. The van der Waals surface area contributed by atoms with E-state index in [-0.39, 0.29) is 41.8 Å². The molecule has 6 nitrogen and oxygen atoms in total. The summed E-state index contributed by atoms with van der Waals surface area (Å²) in [4.78, 5) is 18.2. The summed E-state index contributed by atoms with van der Waals surface area (Å²) in [5, 5.41) is 3.35. The molecular formula is C17H26IN3O3. The zero-order chi connectivity index (χ0) is 16.8. The number of guanidine groups is 1. The highest BCUT2D eigenvalue weighted by molar-refractivity contribution is 14.0. The number of likely N-dealkylation sites (tertiary alicyclic amines) is 1. The molecular weight excluding hydrogens is 421 g/mol. The number of nitrogens with zero attached hydrogens (tertiary/aromatic N) is 2. The van der Waals surface area contributed by atoms with Crippen molar-refractivity contribution in [2.24, 2.45) is 16.8 Å². The number of nitrogens with one attached hydrogen (secondary N) is 1. The molecule has 2 rings (SSSR count). The van der Waals surface area contributed by atoms with E-state index in [4.69, 9.17) is 9.47 Å². The fourth-order valence-electron chi connectivity index (χ4n) is 2.89. The number of carbonyl (C=O) groups is 1. The third-order valence-electron chi connectivity index (χ3n) is 4.21. The highest BCUT2D eigenvalue weighted by Gasteiger charge is 2.36. The lowest BCUT2D eigenvalue weighted by Gasteiger charge is -2.21. The molecule has 0 aromatic heterocycles. The van der Waals surface area contributed by atoms with Crippen LogP contribution < -0.4 is 10.1 Å². The summed E-state index contributed by atoms with van der Waals surface area (Å²) >= 11 is 0. The third kappa shape index (κ3) is 4.99. The van der Waals surface area contributed by atoms with Gasteiger partial charge in [0.15, 0.2) is 5.96 Å². The Kier molecular flexibility index (Phi) is 8.30. The topological polar surface area (TPSA) is 63.2 Å². The zero-order valence-electron chi connectivity index (χ0n) is 14.6. The summed E-state index contributed by atoms with van der Waals surface area (Å²) in [6, 6.07) is 7.90. The van der Waals surface area contributed by atoms with E-state index in [2.05, 4.69) is 22.1 Å². The lowest BCUT2D eigenvalue weighted by atomic mass is 9.99. The first-order valence-corrected chi connectivity index (χ1v) is 7.75.